The number of likely N-dealkylation sites (tertiary alicyclic amines) is 1. The molecule has 0 unspecified atom stereocenters. The second-order valence-corrected chi connectivity index (χ2v) is 9.02. The standard InChI is InChI=1S/C29H30N4O/c30-29(34)24-14-12-23(13-15-24)27-18-28(25-6-2-3-7-26(25)32-27)31-19-21-8-10-22(11-9-21)20-33-16-4-1-5-17-33/h2-3,6-15,18H,1,4-5,16-17,19-20H2,(H2,30,34)(H,31,32). The molecule has 1 aromatic heterocycles. The number of primary amides is 1. The van der Waals surface area contributed by atoms with Gasteiger partial charge in [-0.15, -0.1) is 0 Å². The van der Waals surface area contributed by atoms with Crippen molar-refractivity contribution in [1.82, 2.24) is 9.88 Å². The van der Waals surface area contributed by atoms with Gasteiger partial charge in [-0.1, -0.05) is 61.0 Å². The van der Waals surface area contributed by atoms with Crippen LogP contribution in [-0.4, -0.2) is 28.9 Å². The second-order valence-electron chi connectivity index (χ2n) is 9.02. The van der Waals surface area contributed by atoms with Gasteiger partial charge in [-0.05, 0) is 61.3 Å². The molecule has 0 spiro atoms. The van der Waals surface area contributed by atoms with Crippen LogP contribution >= 0.6 is 0 Å². The summed E-state index contributed by atoms with van der Waals surface area (Å²) >= 11 is 0. The Morgan fingerprint density at radius 2 is 1.59 bits per heavy atom. The van der Waals surface area contributed by atoms with Crippen molar-refractivity contribution in [3.05, 3.63) is 95.6 Å². The third kappa shape index (κ3) is 5.10. The maximum Gasteiger partial charge on any atom is 0.248 e. The van der Waals surface area contributed by atoms with E-state index in [1.807, 2.05) is 30.3 Å². The minimum atomic E-state index is -0.428. The summed E-state index contributed by atoms with van der Waals surface area (Å²) in [5.41, 5.74) is 12.3. The van der Waals surface area contributed by atoms with Gasteiger partial charge in [0.1, 0.15) is 0 Å². The Morgan fingerprint density at radius 1 is 0.882 bits per heavy atom. The molecule has 2 heterocycles. The van der Waals surface area contributed by atoms with Gasteiger partial charge in [-0.3, -0.25) is 9.69 Å². The highest BCUT2D eigenvalue weighted by Crippen LogP contribution is 2.29. The van der Waals surface area contributed by atoms with Gasteiger partial charge < -0.3 is 11.1 Å². The van der Waals surface area contributed by atoms with Crippen LogP contribution in [0.2, 0.25) is 0 Å². The maximum atomic E-state index is 11.4. The number of carbonyl (C=O) groups is 1. The van der Waals surface area contributed by atoms with Gasteiger partial charge in [-0.25, -0.2) is 4.98 Å². The highest BCUT2D eigenvalue weighted by Gasteiger charge is 2.11. The first kappa shape index (κ1) is 22.1. The van der Waals surface area contributed by atoms with Crippen molar-refractivity contribution in [2.24, 2.45) is 5.73 Å². The molecule has 1 aliphatic heterocycles. The molecule has 1 amide bonds. The third-order valence-electron chi connectivity index (χ3n) is 6.54. The predicted molar refractivity (Wildman–Crippen MR) is 139 cm³/mol. The van der Waals surface area contributed by atoms with E-state index in [1.54, 1.807) is 12.1 Å². The zero-order chi connectivity index (χ0) is 23.3. The fraction of sp³-hybridized carbons (Fsp3) is 0.241. The molecular weight excluding hydrogens is 420 g/mol. The molecule has 34 heavy (non-hydrogen) atoms. The fourth-order valence-electron chi connectivity index (χ4n) is 4.61. The van der Waals surface area contributed by atoms with Crippen LogP contribution in [0.4, 0.5) is 5.69 Å². The number of hydrogen-bond acceptors (Lipinski definition) is 4. The zero-order valence-electron chi connectivity index (χ0n) is 19.3. The Kier molecular flexibility index (Phi) is 6.54. The first-order valence-corrected chi connectivity index (χ1v) is 12.0. The molecule has 0 atom stereocenters. The lowest BCUT2D eigenvalue weighted by molar-refractivity contribution is 0.100. The van der Waals surface area contributed by atoms with Crippen molar-refractivity contribution in [3.8, 4) is 11.3 Å². The highest BCUT2D eigenvalue weighted by atomic mass is 16.1. The molecule has 0 bridgehead atoms. The number of nitrogens with zero attached hydrogens (tertiary/aromatic N) is 2. The van der Waals surface area contributed by atoms with Gasteiger partial charge in [0.2, 0.25) is 5.91 Å². The number of hydrogen-bond donors (Lipinski definition) is 2. The van der Waals surface area contributed by atoms with Crippen molar-refractivity contribution >= 4 is 22.5 Å². The molecule has 5 nitrogen and oxygen atoms in total. The Morgan fingerprint density at radius 3 is 2.32 bits per heavy atom. The number of rotatable bonds is 7. The van der Waals surface area contributed by atoms with Crippen molar-refractivity contribution in [1.29, 1.82) is 0 Å². The Hall–Kier alpha value is -3.70. The SMILES string of the molecule is NC(=O)c1ccc(-c2cc(NCc3ccc(CN4CCCCC4)cc3)c3ccccc3n2)cc1. The van der Waals surface area contributed by atoms with E-state index in [0.29, 0.717) is 5.56 Å². The molecule has 3 aromatic carbocycles. The number of carbonyl (C=O) groups excluding carboxylic acids is 1. The van der Waals surface area contributed by atoms with Crippen molar-refractivity contribution in [2.45, 2.75) is 32.4 Å². The second kappa shape index (κ2) is 10.1. The number of anilines is 1. The van der Waals surface area contributed by atoms with Crippen LogP contribution < -0.4 is 11.1 Å². The van der Waals surface area contributed by atoms with E-state index in [2.05, 4.69) is 46.6 Å². The van der Waals surface area contributed by atoms with Gasteiger partial charge in [0.25, 0.3) is 0 Å². The summed E-state index contributed by atoms with van der Waals surface area (Å²) in [6.45, 7) is 4.21. The zero-order valence-corrected chi connectivity index (χ0v) is 19.3. The normalized spacial score (nSPS) is 14.2. The van der Waals surface area contributed by atoms with E-state index in [-0.39, 0.29) is 0 Å². The smallest absolute Gasteiger partial charge is 0.248 e. The molecule has 172 valence electrons. The van der Waals surface area contributed by atoms with Gasteiger partial charge in [0, 0.05) is 35.3 Å². The lowest BCUT2D eigenvalue weighted by Gasteiger charge is -2.26. The van der Waals surface area contributed by atoms with E-state index < -0.39 is 5.91 Å². The molecule has 0 radical (unpaired) electrons. The summed E-state index contributed by atoms with van der Waals surface area (Å²) in [5.74, 6) is -0.428. The molecule has 5 rings (SSSR count). The number of fused-ring (bicyclic) bond motifs is 1. The lowest BCUT2D eigenvalue weighted by Crippen LogP contribution is -2.29. The van der Waals surface area contributed by atoms with Gasteiger partial charge in [0.15, 0.2) is 0 Å². The number of piperidine rings is 1. The van der Waals surface area contributed by atoms with Gasteiger partial charge in [-0.2, -0.15) is 0 Å². The quantitative estimate of drug-likeness (QED) is 0.385. The van der Waals surface area contributed by atoms with Crippen LogP contribution in [0.3, 0.4) is 0 Å². The van der Waals surface area contributed by atoms with Crippen LogP contribution in [0.25, 0.3) is 22.2 Å². The molecule has 1 saturated heterocycles. The van der Waals surface area contributed by atoms with Gasteiger partial charge in [0.05, 0.1) is 11.2 Å². The number of amides is 1. The summed E-state index contributed by atoms with van der Waals surface area (Å²) in [7, 11) is 0. The number of benzene rings is 3. The van der Waals surface area contributed by atoms with Crippen molar-refractivity contribution in [3.63, 3.8) is 0 Å². The summed E-state index contributed by atoms with van der Waals surface area (Å²) in [6, 6.07) is 26.4. The fourth-order valence-corrected chi connectivity index (χ4v) is 4.61. The van der Waals surface area contributed by atoms with Crippen molar-refractivity contribution in [2.75, 3.05) is 18.4 Å². The molecule has 3 N–H and O–H groups in total. The number of nitrogens with one attached hydrogen (secondary N) is 1. The average molecular weight is 451 g/mol. The van der Waals surface area contributed by atoms with E-state index in [1.165, 1.54) is 43.5 Å². The van der Waals surface area contributed by atoms with Gasteiger partial charge >= 0.3 is 0 Å². The number of aromatic nitrogens is 1. The van der Waals surface area contributed by atoms with Crippen LogP contribution in [0, 0.1) is 0 Å². The maximum absolute atomic E-state index is 11.4. The number of pyridine rings is 1. The van der Waals surface area contributed by atoms with E-state index in [9.17, 15) is 4.79 Å². The Labute approximate surface area is 200 Å². The van der Waals surface area contributed by atoms with Crippen LogP contribution in [0.15, 0.2) is 78.9 Å². The number of para-hydroxylation sites is 1. The third-order valence-corrected chi connectivity index (χ3v) is 6.54. The molecule has 1 fully saturated rings. The first-order chi connectivity index (χ1) is 16.7. The molecule has 4 aromatic rings. The summed E-state index contributed by atoms with van der Waals surface area (Å²) in [4.78, 5) is 18.8. The monoisotopic (exact) mass is 450 g/mol. The van der Waals surface area contributed by atoms with Crippen LogP contribution in [0.5, 0.6) is 0 Å². The predicted octanol–water partition coefficient (Wildman–Crippen LogP) is 5.60. The van der Waals surface area contributed by atoms with E-state index in [4.69, 9.17) is 10.7 Å². The summed E-state index contributed by atoms with van der Waals surface area (Å²) < 4.78 is 0. The van der Waals surface area contributed by atoms with E-state index >= 15 is 0 Å². The molecule has 0 saturated carbocycles. The Balaban J connectivity index is 1.34. The first-order valence-electron chi connectivity index (χ1n) is 12.0. The minimum Gasteiger partial charge on any atom is -0.380 e. The summed E-state index contributed by atoms with van der Waals surface area (Å²) in [5, 5.41) is 4.70. The minimum absolute atomic E-state index is 0.428. The largest absolute Gasteiger partial charge is 0.380 e. The van der Waals surface area contributed by atoms with Crippen LogP contribution in [-0.2, 0) is 13.1 Å². The molecule has 1 aliphatic rings. The Bertz CT molecular complexity index is 1280. The lowest BCUT2D eigenvalue weighted by atomic mass is 10.1. The number of nitrogens with two attached hydrogens (primary N) is 1. The summed E-state index contributed by atoms with van der Waals surface area (Å²) in [6.07, 6.45) is 4.00. The average Bonchev–Trinajstić information content (AvgIpc) is 2.88. The molecule has 5 heteroatoms. The van der Waals surface area contributed by atoms with Crippen molar-refractivity contribution < 1.29 is 4.79 Å². The molecular formula is C29H30N4O. The van der Waals surface area contributed by atoms with Crippen LogP contribution in [0.1, 0.15) is 40.7 Å². The van der Waals surface area contributed by atoms with E-state index in [0.717, 1.165) is 40.9 Å². The molecule has 0 aliphatic carbocycles. The highest BCUT2D eigenvalue weighted by molar-refractivity contribution is 5.95. The topological polar surface area (TPSA) is 71.2 Å².